The van der Waals surface area contributed by atoms with Crippen molar-refractivity contribution in [2.45, 2.75) is 58.0 Å². The summed E-state index contributed by atoms with van der Waals surface area (Å²) < 4.78 is 7.64. The van der Waals surface area contributed by atoms with Gasteiger partial charge in [0.2, 0.25) is 0 Å². The molecule has 39 heavy (non-hydrogen) atoms. The molecule has 1 saturated carbocycles. The smallest absolute Gasteiger partial charge is 0.253 e. The molecule has 2 fully saturated rings. The molecule has 0 radical (unpaired) electrons. The summed E-state index contributed by atoms with van der Waals surface area (Å²) in [6.07, 6.45) is 5.76. The molecule has 1 aliphatic carbocycles. The number of fused-ring (bicyclic) bond motifs is 1. The van der Waals surface area contributed by atoms with Gasteiger partial charge in [-0.3, -0.25) is 9.69 Å². The number of nitrogens with zero attached hydrogens (tertiary/aromatic N) is 6. The summed E-state index contributed by atoms with van der Waals surface area (Å²) in [4.78, 5) is 21.6. The highest BCUT2D eigenvalue weighted by atomic mass is 16.5. The van der Waals surface area contributed by atoms with Gasteiger partial charge in [0.1, 0.15) is 11.8 Å². The lowest BCUT2D eigenvalue weighted by Crippen LogP contribution is -2.49. The van der Waals surface area contributed by atoms with Crippen LogP contribution in [0.15, 0.2) is 47.3 Å². The fraction of sp³-hybridized carbons (Fsp3) is 0.467. The molecular formula is C30H37N7O2. The number of H-pyrrole nitrogens is 1. The number of para-hydroxylation sites is 2. The second-order valence-electron chi connectivity index (χ2n) is 11.0. The monoisotopic (exact) mass is 527 g/mol. The van der Waals surface area contributed by atoms with Crippen molar-refractivity contribution in [2.75, 3.05) is 38.2 Å². The summed E-state index contributed by atoms with van der Waals surface area (Å²) in [7, 11) is 1.71. The Bertz CT molecular complexity index is 1510. The molecule has 0 spiro atoms. The lowest BCUT2D eigenvalue weighted by Gasteiger charge is -2.40. The molecule has 9 nitrogen and oxygen atoms in total. The summed E-state index contributed by atoms with van der Waals surface area (Å²) in [5, 5.41) is 14.2. The van der Waals surface area contributed by atoms with Crippen molar-refractivity contribution >= 4 is 16.6 Å². The van der Waals surface area contributed by atoms with E-state index in [9.17, 15) is 4.79 Å². The first kappa shape index (κ1) is 25.6. The molecule has 0 unspecified atom stereocenters. The number of benzene rings is 2. The van der Waals surface area contributed by atoms with E-state index in [1.807, 2.05) is 29.8 Å². The number of hydrogen-bond donors (Lipinski definition) is 1. The molecule has 4 aromatic rings. The van der Waals surface area contributed by atoms with E-state index in [1.54, 1.807) is 7.11 Å². The summed E-state index contributed by atoms with van der Waals surface area (Å²) >= 11 is 0. The molecule has 1 atom stereocenters. The van der Waals surface area contributed by atoms with Gasteiger partial charge in [0, 0.05) is 31.7 Å². The Kier molecular flexibility index (Phi) is 7.08. The highest BCUT2D eigenvalue weighted by molar-refractivity contribution is 5.83. The van der Waals surface area contributed by atoms with Crippen LogP contribution in [-0.4, -0.2) is 63.4 Å². The van der Waals surface area contributed by atoms with E-state index < -0.39 is 0 Å². The molecule has 2 aliphatic rings. The zero-order valence-corrected chi connectivity index (χ0v) is 23.1. The number of tetrazole rings is 1. The molecular weight excluding hydrogens is 490 g/mol. The van der Waals surface area contributed by atoms with Crippen molar-refractivity contribution in [1.29, 1.82) is 0 Å². The third-order valence-electron chi connectivity index (χ3n) is 8.41. The number of anilines is 1. The van der Waals surface area contributed by atoms with Crippen molar-refractivity contribution in [2.24, 2.45) is 0 Å². The molecule has 204 valence electrons. The molecule has 3 heterocycles. The number of aromatic nitrogens is 5. The van der Waals surface area contributed by atoms with E-state index in [2.05, 4.69) is 61.5 Å². The van der Waals surface area contributed by atoms with E-state index in [0.717, 1.165) is 72.7 Å². The normalized spacial score (nSPS) is 18.0. The van der Waals surface area contributed by atoms with Gasteiger partial charge >= 0.3 is 0 Å². The number of methoxy groups -OCH3 is 1. The quantitative estimate of drug-likeness (QED) is 0.393. The molecule has 0 amide bonds. The van der Waals surface area contributed by atoms with Crippen molar-refractivity contribution in [3.05, 3.63) is 75.3 Å². The van der Waals surface area contributed by atoms with Gasteiger partial charge in [-0.2, -0.15) is 0 Å². The van der Waals surface area contributed by atoms with Crippen LogP contribution in [0, 0.1) is 13.8 Å². The van der Waals surface area contributed by atoms with Crippen molar-refractivity contribution < 1.29 is 4.74 Å². The summed E-state index contributed by atoms with van der Waals surface area (Å²) in [6, 6.07) is 14.4. The van der Waals surface area contributed by atoms with Gasteiger partial charge < -0.3 is 14.6 Å². The number of nitrogens with one attached hydrogen (secondary N) is 1. The van der Waals surface area contributed by atoms with Gasteiger partial charge in [-0.15, -0.1) is 5.10 Å². The molecule has 2 aromatic carbocycles. The number of ether oxygens (including phenoxy) is 1. The van der Waals surface area contributed by atoms with Crippen LogP contribution in [0.3, 0.4) is 0 Å². The second kappa shape index (κ2) is 10.8. The van der Waals surface area contributed by atoms with Crippen LogP contribution in [0.5, 0.6) is 5.75 Å². The van der Waals surface area contributed by atoms with E-state index in [-0.39, 0.29) is 17.6 Å². The summed E-state index contributed by atoms with van der Waals surface area (Å²) in [5.41, 5.74) is 4.85. The first-order valence-corrected chi connectivity index (χ1v) is 14.1. The van der Waals surface area contributed by atoms with Gasteiger partial charge in [0.25, 0.3) is 5.56 Å². The number of rotatable bonds is 6. The third kappa shape index (κ3) is 4.91. The zero-order valence-electron chi connectivity index (χ0n) is 23.1. The third-order valence-corrected chi connectivity index (χ3v) is 8.41. The highest BCUT2D eigenvalue weighted by Crippen LogP contribution is 2.35. The van der Waals surface area contributed by atoms with Crippen LogP contribution in [0.4, 0.5) is 5.69 Å². The topological polar surface area (TPSA) is 92.2 Å². The minimum atomic E-state index is -0.337. The fourth-order valence-corrected chi connectivity index (χ4v) is 6.48. The van der Waals surface area contributed by atoms with Crippen LogP contribution in [0.1, 0.15) is 66.7 Å². The number of hydrogen-bond acceptors (Lipinski definition) is 7. The number of pyridine rings is 1. The molecule has 6 rings (SSSR count). The Hall–Kier alpha value is -3.72. The van der Waals surface area contributed by atoms with E-state index >= 15 is 0 Å². The maximum Gasteiger partial charge on any atom is 0.253 e. The SMILES string of the molecule is COc1ccccc1N1CCN([C@@H](c2cc3cc(C)cc(C)c3[nH]c2=O)c2nnnn2C2CCCCC2)CC1. The van der Waals surface area contributed by atoms with Crippen molar-refractivity contribution in [1.82, 2.24) is 30.1 Å². The average Bonchev–Trinajstić information content (AvgIpc) is 3.44. The van der Waals surface area contributed by atoms with Crippen LogP contribution in [0.25, 0.3) is 10.9 Å². The predicted octanol–water partition coefficient (Wildman–Crippen LogP) is 4.56. The van der Waals surface area contributed by atoms with Gasteiger partial charge in [0.05, 0.1) is 24.4 Å². The van der Waals surface area contributed by atoms with Crippen LogP contribution >= 0.6 is 0 Å². The van der Waals surface area contributed by atoms with E-state index in [4.69, 9.17) is 4.74 Å². The van der Waals surface area contributed by atoms with Crippen molar-refractivity contribution in [3.8, 4) is 5.75 Å². The Balaban J connectivity index is 1.40. The highest BCUT2D eigenvalue weighted by Gasteiger charge is 2.35. The average molecular weight is 528 g/mol. The Labute approximate surface area is 228 Å². The molecule has 2 aromatic heterocycles. The number of aryl methyl sites for hydroxylation is 2. The lowest BCUT2D eigenvalue weighted by molar-refractivity contribution is 0.192. The van der Waals surface area contributed by atoms with Crippen LogP contribution in [-0.2, 0) is 0 Å². The molecule has 1 saturated heterocycles. The van der Waals surface area contributed by atoms with Crippen LogP contribution in [0.2, 0.25) is 0 Å². The van der Waals surface area contributed by atoms with E-state index in [0.29, 0.717) is 5.56 Å². The Morgan fingerprint density at radius 3 is 2.54 bits per heavy atom. The predicted molar refractivity (Wildman–Crippen MR) is 153 cm³/mol. The van der Waals surface area contributed by atoms with Gasteiger partial charge in [-0.25, -0.2) is 4.68 Å². The standard InChI is InChI=1S/C30H37N7O2/c1-20-17-21(2)27-22(18-20)19-24(30(38)31-27)28(29-32-33-34-37(29)23-9-5-4-6-10-23)36-15-13-35(14-16-36)25-11-7-8-12-26(25)39-3/h7-8,11-12,17-19,23,28H,4-6,9-10,13-16H2,1-3H3,(H,31,38)/t28-/m0/s1. The van der Waals surface area contributed by atoms with E-state index in [1.165, 1.54) is 24.8 Å². The van der Waals surface area contributed by atoms with Gasteiger partial charge in [-0.05, 0) is 72.3 Å². The largest absolute Gasteiger partial charge is 0.495 e. The first-order valence-electron chi connectivity index (χ1n) is 14.1. The minimum Gasteiger partial charge on any atom is -0.495 e. The lowest BCUT2D eigenvalue weighted by atomic mass is 9.95. The van der Waals surface area contributed by atoms with Gasteiger partial charge in [-0.1, -0.05) is 43.0 Å². The van der Waals surface area contributed by atoms with Crippen molar-refractivity contribution in [3.63, 3.8) is 0 Å². The molecule has 1 N–H and O–H groups in total. The number of piperazine rings is 1. The Morgan fingerprint density at radius 1 is 1.00 bits per heavy atom. The molecule has 9 heteroatoms. The number of aromatic amines is 1. The summed E-state index contributed by atoms with van der Waals surface area (Å²) in [5.74, 6) is 1.64. The first-order chi connectivity index (χ1) is 19.0. The van der Waals surface area contributed by atoms with Crippen LogP contribution < -0.4 is 15.2 Å². The maximum atomic E-state index is 13.7. The van der Waals surface area contributed by atoms with Gasteiger partial charge in [0.15, 0.2) is 5.82 Å². The Morgan fingerprint density at radius 2 is 1.77 bits per heavy atom. The minimum absolute atomic E-state index is 0.0789. The maximum absolute atomic E-state index is 13.7. The zero-order chi connectivity index (χ0) is 26.9. The molecule has 0 bridgehead atoms. The molecule has 1 aliphatic heterocycles. The fourth-order valence-electron chi connectivity index (χ4n) is 6.48. The summed E-state index contributed by atoms with van der Waals surface area (Å²) in [6.45, 7) is 7.30. The second-order valence-corrected chi connectivity index (χ2v) is 11.0.